The van der Waals surface area contributed by atoms with Gasteiger partial charge < -0.3 is 4.90 Å². The number of nitrogens with zero attached hydrogens (tertiary/aromatic N) is 2. The van der Waals surface area contributed by atoms with Gasteiger partial charge >= 0.3 is 0 Å². The SMILES string of the molecule is CC.CN1C=C=CN=C1. The van der Waals surface area contributed by atoms with Crippen molar-refractivity contribution in [2.24, 2.45) is 4.99 Å². The summed E-state index contributed by atoms with van der Waals surface area (Å²) < 4.78 is 0. The summed E-state index contributed by atoms with van der Waals surface area (Å²) in [6.07, 6.45) is 5.16. The number of hydrogen-bond donors (Lipinski definition) is 0. The number of rotatable bonds is 0. The van der Waals surface area contributed by atoms with Crippen molar-refractivity contribution in [3.63, 3.8) is 0 Å². The Bertz CT molecular complexity index is 141. The highest BCUT2D eigenvalue weighted by Crippen LogP contribution is 1.83. The highest BCUT2D eigenvalue weighted by atomic mass is 15.1. The van der Waals surface area contributed by atoms with Crippen LogP contribution in [0.3, 0.4) is 0 Å². The first kappa shape index (κ1) is 7.99. The molecule has 0 saturated carbocycles. The lowest BCUT2D eigenvalue weighted by Gasteiger charge is -2.03. The summed E-state index contributed by atoms with van der Waals surface area (Å²) in [5.74, 6) is 0. The Balaban J connectivity index is 0.000000291. The maximum atomic E-state index is 3.79. The van der Waals surface area contributed by atoms with Crippen LogP contribution in [0.2, 0.25) is 0 Å². The van der Waals surface area contributed by atoms with Crippen molar-refractivity contribution in [1.29, 1.82) is 0 Å². The minimum atomic E-state index is 1.62. The van der Waals surface area contributed by atoms with Crippen molar-refractivity contribution in [1.82, 2.24) is 4.90 Å². The van der Waals surface area contributed by atoms with Crippen LogP contribution in [-0.4, -0.2) is 18.3 Å². The maximum Gasteiger partial charge on any atom is 0.0954 e. The fourth-order valence-corrected chi connectivity index (χ4v) is 0.366. The summed E-state index contributed by atoms with van der Waals surface area (Å²) in [7, 11) is 1.91. The molecule has 2 heteroatoms. The Hall–Kier alpha value is -1.01. The lowest BCUT2D eigenvalue weighted by atomic mass is 10.7. The molecule has 0 N–H and O–H groups in total. The van der Waals surface area contributed by atoms with E-state index < -0.39 is 0 Å². The zero-order valence-electron chi connectivity index (χ0n) is 6.13. The smallest absolute Gasteiger partial charge is 0.0954 e. The molecule has 1 aliphatic heterocycles. The summed E-state index contributed by atoms with van der Waals surface area (Å²) in [6.45, 7) is 4.00. The maximum absolute atomic E-state index is 3.79. The third-order valence-electron chi connectivity index (χ3n) is 0.676. The lowest BCUT2D eigenvalue weighted by Crippen LogP contribution is -2.06. The molecule has 0 bridgehead atoms. The lowest BCUT2D eigenvalue weighted by molar-refractivity contribution is 0.707. The molecule has 0 amide bonds. The molecule has 50 valence electrons. The first-order chi connectivity index (χ1) is 4.39. The van der Waals surface area contributed by atoms with E-state index in [4.69, 9.17) is 0 Å². The Morgan fingerprint density at radius 3 is 2.33 bits per heavy atom. The summed E-state index contributed by atoms with van der Waals surface area (Å²) in [5, 5.41) is 0. The van der Waals surface area contributed by atoms with Crippen molar-refractivity contribution in [2.75, 3.05) is 7.05 Å². The van der Waals surface area contributed by atoms with Gasteiger partial charge in [-0.2, -0.15) is 0 Å². The Morgan fingerprint density at radius 2 is 2.11 bits per heavy atom. The van der Waals surface area contributed by atoms with E-state index in [0.29, 0.717) is 0 Å². The van der Waals surface area contributed by atoms with Gasteiger partial charge in [-0.3, -0.25) is 0 Å². The van der Waals surface area contributed by atoms with E-state index in [9.17, 15) is 0 Å². The Kier molecular flexibility index (Phi) is 4.56. The van der Waals surface area contributed by atoms with Crippen LogP contribution in [0.25, 0.3) is 0 Å². The molecule has 2 nitrogen and oxygen atoms in total. The summed E-state index contributed by atoms with van der Waals surface area (Å²) in [5.41, 5.74) is 2.81. The van der Waals surface area contributed by atoms with Gasteiger partial charge in [-0.25, -0.2) is 4.99 Å². The molecule has 0 aromatic heterocycles. The van der Waals surface area contributed by atoms with Crippen molar-refractivity contribution in [3.05, 3.63) is 18.1 Å². The van der Waals surface area contributed by atoms with Gasteiger partial charge in [0.25, 0.3) is 0 Å². The van der Waals surface area contributed by atoms with Gasteiger partial charge in [-0.15, -0.1) is 0 Å². The second kappa shape index (κ2) is 5.13. The fraction of sp³-hybridized carbons (Fsp3) is 0.429. The van der Waals surface area contributed by atoms with Crippen molar-refractivity contribution in [3.8, 4) is 0 Å². The monoisotopic (exact) mass is 124 g/mol. The predicted octanol–water partition coefficient (Wildman–Crippen LogP) is 1.61. The minimum absolute atomic E-state index is 1.62. The van der Waals surface area contributed by atoms with Crippen molar-refractivity contribution >= 4 is 6.34 Å². The van der Waals surface area contributed by atoms with Gasteiger partial charge in [-0.05, 0) is 0 Å². The zero-order chi connectivity index (χ0) is 7.11. The molecule has 0 unspecified atom stereocenters. The molecular formula is C7H12N2. The van der Waals surface area contributed by atoms with Crippen molar-refractivity contribution < 1.29 is 0 Å². The molecule has 0 saturated heterocycles. The van der Waals surface area contributed by atoms with E-state index in [1.54, 1.807) is 12.5 Å². The van der Waals surface area contributed by atoms with Crippen LogP contribution in [0, 0.1) is 0 Å². The molecule has 0 atom stereocenters. The largest absolute Gasteiger partial charge is 0.335 e. The third kappa shape index (κ3) is 3.56. The van der Waals surface area contributed by atoms with Crippen LogP contribution in [0.15, 0.2) is 23.1 Å². The molecule has 1 heterocycles. The van der Waals surface area contributed by atoms with Crippen molar-refractivity contribution in [2.45, 2.75) is 13.8 Å². The fourth-order valence-electron chi connectivity index (χ4n) is 0.366. The molecule has 1 rings (SSSR count). The average Bonchev–Trinajstić information content (AvgIpc) is 1.94. The van der Waals surface area contributed by atoms with Gasteiger partial charge in [0.2, 0.25) is 0 Å². The minimum Gasteiger partial charge on any atom is -0.335 e. The molecule has 1 aliphatic rings. The zero-order valence-corrected chi connectivity index (χ0v) is 6.13. The van der Waals surface area contributed by atoms with Crippen LogP contribution in [-0.2, 0) is 0 Å². The molecule has 0 aromatic rings. The van der Waals surface area contributed by atoms with E-state index in [-0.39, 0.29) is 0 Å². The van der Waals surface area contributed by atoms with E-state index in [2.05, 4.69) is 10.7 Å². The van der Waals surface area contributed by atoms with Gasteiger partial charge in [0.15, 0.2) is 0 Å². The van der Waals surface area contributed by atoms with Gasteiger partial charge in [0.05, 0.1) is 12.5 Å². The van der Waals surface area contributed by atoms with Gasteiger partial charge in [0.1, 0.15) is 0 Å². The summed E-state index contributed by atoms with van der Waals surface area (Å²) >= 11 is 0. The molecule has 0 spiro atoms. The summed E-state index contributed by atoms with van der Waals surface area (Å²) in [4.78, 5) is 5.62. The topological polar surface area (TPSA) is 15.6 Å². The first-order valence-electron chi connectivity index (χ1n) is 3.06. The van der Waals surface area contributed by atoms with E-state index in [1.807, 2.05) is 32.0 Å². The highest BCUT2D eigenvalue weighted by Gasteiger charge is 1.80. The van der Waals surface area contributed by atoms with E-state index in [0.717, 1.165) is 0 Å². The van der Waals surface area contributed by atoms with Crippen LogP contribution in [0.1, 0.15) is 13.8 Å². The van der Waals surface area contributed by atoms with Crippen LogP contribution in [0.5, 0.6) is 0 Å². The average molecular weight is 124 g/mol. The van der Waals surface area contributed by atoms with Crippen LogP contribution in [0.4, 0.5) is 0 Å². The quantitative estimate of drug-likeness (QED) is 0.448. The van der Waals surface area contributed by atoms with Crippen LogP contribution >= 0.6 is 0 Å². The summed E-state index contributed by atoms with van der Waals surface area (Å²) in [6, 6.07) is 0. The molecule has 0 fully saturated rings. The van der Waals surface area contributed by atoms with Gasteiger partial charge in [-0.1, -0.05) is 19.6 Å². The third-order valence-corrected chi connectivity index (χ3v) is 0.676. The standard InChI is InChI=1S/C5H6N2.C2H6/c1-7-4-2-3-6-5-7;1-2/h3-5H,1H3;1-2H3. The van der Waals surface area contributed by atoms with E-state index >= 15 is 0 Å². The van der Waals surface area contributed by atoms with Gasteiger partial charge in [0, 0.05) is 13.2 Å². The number of hydrogen-bond acceptors (Lipinski definition) is 2. The molecule has 0 radical (unpaired) electrons. The Morgan fingerprint density at radius 1 is 1.44 bits per heavy atom. The molecule has 9 heavy (non-hydrogen) atoms. The van der Waals surface area contributed by atoms with E-state index in [1.165, 1.54) is 0 Å². The number of aliphatic imine (C=N–C) groups is 1. The van der Waals surface area contributed by atoms with Crippen LogP contribution < -0.4 is 0 Å². The molecule has 0 aromatic carbocycles. The normalized spacial score (nSPS) is 13.0. The first-order valence-corrected chi connectivity index (χ1v) is 3.06. The molecular weight excluding hydrogens is 112 g/mol. The Labute approximate surface area is 56.2 Å². The second-order valence-corrected chi connectivity index (χ2v) is 1.35. The molecule has 0 aliphatic carbocycles. The second-order valence-electron chi connectivity index (χ2n) is 1.35. The predicted molar refractivity (Wildman–Crippen MR) is 40.3 cm³/mol. The highest BCUT2D eigenvalue weighted by molar-refractivity contribution is 5.57.